The predicted molar refractivity (Wildman–Crippen MR) is 164 cm³/mol. The van der Waals surface area contributed by atoms with Gasteiger partial charge in [-0.15, -0.1) is 0 Å². The molecule has 0 radical (unpaired) electrons. The Kier molecular flexibility index (Phi) is 9.75. The molecule has 0 aliphatic heterocycles. The van der Waals surface area contributed by atoms with Crippen molar-refractivity contribution in [2.45, 2.75) is 83.7 Å². The van der Waals surface area contributed by atoms with Crippen molar-refractivity contribution < 1.29 is 9.59 Å². The summed E-state index contributed by atoms with van der Waals surface area (Å²) in [7, 11) is 2.01. The number of hydrogen-bond donors (Lipinski definition) is 2. The van der Waals surface area contributed by atoms with Crippen LogP contribution in [0.3, 0.4) is 0 Å². The van der Waals surface area contributed by atoms with Crippen molar-refractivity contribution in [2.24, 2.45) is 11.7 Å². The Morgan fingerprint density at radius 1 is 0.900 bits per heavy atom. The summed E-state index contributed by atoms with van der Waals surface area (Å²) in [6.07, 6.45) is 11.7. The van der Waals surface area contributed by atoms with E-state index in [4.69, 9.17) is 5.73 Å². The minimum absolute atomic E-state index is 0.118. The van der Waals surface area contributed by atoms with Gasteiger partial charge >= 0.3 is 0 Å². The van der Waals surface area contributed by atoms with Crippen LogP contribution in [-0.2, 0) is 15.1 Å². The third-order valence-electron chi connectivity index (χ3n) is 8.12. The molecule has 6 heteroatoms. The van der Waals surface area contributed by atoms with Crippen LogP contribution in [0.2, 0.25) is 0 Å². The zero-order valence-corrected chi connectivity index (χ0v) is 24.5. The van der Waals surface area contributed by atoms with Crippen molar-refractivity contribution in [3.8, 4) is 22.4 Å². The summed E-state index contributed by atoms with van der Waals surface area (Å²) >= 11 is 0. The number of amides is 2. The fourth-order valence-corrected chi connectivity index (χ4v) is 5.45. The number of aromatic nitrogens is 1. The second kappa shape index (κ2) is 13.2. The Balaban J connectivity index is 0.000000222. The van der Waals surface area contributed by atoms with Crippen molar-refractivity contribution in [3.05, 3.63) is 72.4 Å². The van der Waals surface area contributed by atoms with Crippen molar-refractivity contribution >= 4 is 17.5 Å². The average molecular weight is 541 g/mol. The molecule has 3 aromatic rings. The summed E-state index contributed by atoms with van der Waals surface area (Å²) in [5, 5.41) is 2.80. The number of rotatable bonds is 6. The number of nitrogens with two attached hydrogens (primary N) is 1. The van der Waals surface area contributed by atoms with Crippen LogP contribution in [0.15, 0.2) is 66.9 Å². The molecule has 2 amide bonds. The van der Waals surface area contributed by atoms with Gasteiger partial charge in [-0.1, -0.05) is 80.3 Å². The van der Waals surface area contributed by atoms with Gasteiger partial charge < -0.3 is 16.0 Å². The van der Waals surface area contributed by atoms with Gasteiger partial charge in [0.2, 0.25) is 11.8 Å². The van der Waals surface area contributed by atoms with Crippen molar-refractivity contribution in [2.75, 3.05) is 12.4 Å². The molecule has 40 heavy (non-hydrogen) atoms. The van der Waals surface area contributed by atoms with Gasteiger partial charge in [0, 0.05) is 42.6 Å². The van der Waals surface area contributed by atoms with Crippen LogP contribution in [0, 0.1) is 5.92 Å². The topological polar surface area (TPSA) is 88.3 Å². The maximum Gasteiger partial charge on any atom is 0.225 e. The monoisotopic (exact) mass is 540 g/mol. The fraction of sp³-hybridized carbons (Fsp3) is 0.441. The highest BCUT2D eigenvalue weighted by molar-refractivity contribution is 5.91. The number of benzene rings is 2. The third kappa shape index (κ3) is 7.57. The lowest BCUT2D eigenvalue weighted by Gasteiger charge is -2.36. The third-order valence-corrected chi connectivity index (χ3v) is 8.12. The van der Waals surface area contributed by atoms with Crippen LogP contribution in [0.25, 0.3) is 22.4 Å². The number of hydrogen-bond acceptors (Lipinski definition) is 4. The van der Waals surface area contributed by atoms with Crippen LogP contribution < -0.4 is 11.1 Å². The Labute approximate surface area is 239 Å². The molecular formula is C34H44N4O2. The van der Waals surface area contributed by atoms with Gasteiger partial charge in [0.25, 0.3) is 0 Å². The quantitative estimate of drug-likeness (QED) is 0.348. The van der Waals surface area contributed by atoms with Gasteiger partial charge in [-0.05, 0) is 56.7 Å². The Morgan fingerprint density at radius 2 is 1.55 bits per heavy atom. The van der Waals surface area contributed by atoms with E-state index in [2.05, 4.69) is 10.3 Å². The van der Waals surface area contributed by atoms with Crippen LogP contribution in [0.4, 0.5) is 5.69 Å². The highest BCUT2D eigenvalue weighted by atomic mass is 16.2. The Morgan fingerprint density at radius 3 is 2.10 bits per heavy atom. The Bertz CT molecular complexity index is 1270. The zero-order chi connectivity index (χ0) is 28.7. The number of pyridine rings is 1. The molecule has 2 aliphatic carbocycles. The maximum absolute atomic E-state index is 12.0. The minimum atomic E-state index is -0.385. The lowest BCUT2D eigenvalue weighted by atomic mass is 9.83. The first kappa shape index (κ1) is 29.5. The lowest BCUT2D eigenvalue weighted by molar-refractivity contribution is -0.139. The summed E-state index contributed by atoms with van der Waals surface area (Å²) in [6.45, 7) is 5.46. The smallest absolute Gasteiger partial charge is 0.225 e. The molecule has 0 bridgehead atoms. The van der Waals surface area contributed by atoms with E-state index >= 15 is 0 Å². The molecule has 2 aromatic carbocycles. The van der Waals surface area contributed by atoms with Gasteiger partial charge in [0.15, 0.2) is 0 Å². The van der Waals surface area contributed by atoms with E-state index < -0.39 is 0 Å². The molecule has 1 heterocycles. The van der Waals surface area contributed by atoms with E-state index in [1.165, 1.54) is 45.4 Å². The number of carbonyl (C=O) groups excluding carboxylic acids is 2. The van der Waals surface area contributed by atoms with Crippen LogP contribution in [-0.4, -0.2) is 34.8 Å². The summed E-state index contributed by atoms with van der Waals surface area (Å²) < 4.78 is 0. The highest BCUT2D eigenvalue weighted by Gasteiger charge is 2.31. The fourth-order valence-electron chi connectivity index (χ4n) is 5.45. The van der Waals surface area contributed by atoms with E-state index in [0.29, 0.717) is 23.6 Å². The first-order valence-electron chi connectivity index (χ1n) is 14.6. The van der Waals surface area contributed by atoms with E-state index in [0.717, 1.165) is 40.8 Å². The summed E-state index contributed by atoms with van der Waals surface area (Å²) in [4.78, 5) is 30.0. The van der Waals surface area contributed by atoms with E-state index in [-0.39, 0.29) is 11.4 Å². The standard InChI is InChI=1S/C22H23N3O.C12H21NO/c1-15(26)25-19-13-20(16-7-5-4-6-8-16)21(24-14-19)17-9-11-18(12-10-17)22(2,3)23;1-13(11-8-3-2-4-9-11)12(14)10-6-5-7-10/h4-14H,23H2,1-3H3,(H,25,26);10-11H,2-9H2,1H3. The van der Waals surface area contributed by atoms with Crippen molar-refractivity contribution in [1.29, 1.82) is 0 Å². The molecule has 5 rings (SSSR count). The zero-order valence-electron chi connectivity index (χ0n) is 24.5. The van der Waals surface area contributed by atoms with Crippen LogP contribution >= 0.6 is 0 Å². The molecule has 0 unspecified atom stereocenters. The summed E-state index contributed by atoms with van der Waals surface area (Å²) in [5.74, 6) is 0.679. The molecule has 0 saturated heterocycles. The minimum Gasteiger partial charge on any atom is -0.343 e. The molecule has 212 valence electrons. The molecule has 2 aliphatic rings. The molecule has 0 spiro atoms. The molecular weight excluding hydrogens is 496 g/mol. The van der Waals surface area contributed by atoms with E-state index in [1.807, 2.05) is 86.5 Å². The van der Waals surface area contributed by atoms with Gasteiger partial charge in [-0.25, -0.2) is 0 Å². The van der Waals surface area contributed by atoms with Crippen molar-refractivity contribution in [3.63, 3.8) is 0 Å². The van der Waals surface area contributed by atoms with E-state index in [9.17, 15) is 9.59 Å². The number of nitrogens with one attached hydrogen (secondary N) is 1. The van der Waals surface area contributed by atoms with Crippen LogP contribution in [0.1, 0.15) is 77.7 Å². The lowest BCUT2D eigenvalue weighted by Crippen LogP contribution is -2.43. The van der Waals surface area contributed by atoms with Gasteiger partial charge in [-0.2, -0.15) is 0 Å². The SMILES string of the molecule is CC(=O)Nc1cnc(-c2ccc(C(C)(C)N)cc2)c(-c2ccccc2)c1.CN(C(=O)C1CCC1)C1CCCCC1. The van der Waals surface area contributed by atoms with Gasteiger partial charge in [0.05, 0.1) is 17.6 Å². The normalized spacial score (nSPS) is 15.8. The first-order chi connectivity index (χ1) is 19.1. The number of carbonyl (C=O) groups is 2. The largest absolute Gasteiger partial charge is 0.343 e. The molecule has 3 N–H and O–H groups in total. The van der Waals surface area contributed by atoms with Gasteiger partial charge in [-0.3, -0.25) is 14.6 Å². The molecule has 2 fully saturated rings. The second-order valence-electron chi connectivity index (χ2n) is 11.8. The predicted octanol–water partition coefficient (Wildman–Crippen LogP) is 7.15. The second-order valence-corrected chi connectivity index (χ2v) is 11.8. The Hall–Kier alpha value is -3.51. The average Bonchev–Trinajstić information content (AvgIpc) is 2.92. The number of nitrogens with zero attached hydrogens (tertiary/aromatic N) is 2. The summed E-state index contributed by atoms with van der Waals surface area (Å²) in [5.41, 5.74) is 11.4. The summed E-state index contributed by atoms with van der Waals surface area (Å²) in [6, 6.07) is 20.7. The molecule has 2 saturated carbocycles. The molecule has 0 atom stereocenters. The van der Waals surface area contributed by atoms with Crippen LogP contribution in [0.5, 0.6) is 0 Å². The molecule has 6 nitrogen and oxygen atoms in total. The number of anilines is 1. The van der Waals surface area contributed by atoms with Gasteiger partial charge in [0.1, 0.15) is 0 Å². The molecule has 1 aromatic heterocycles. The highest BCUT2D eigenvalue weighted by Crippen LogP contribution is 2.33. The van der Waals surface area contributed by atoms with Crippen molar-refractivity contribution in [1.82, 2.24) is 9.88 Å². The maximum atomic E-state index is 12.0. The van der Waals surface area contributed by atoms with E-state index in [1.54, 1.807) is 6.20 Å². The first-order valence-corrected chi connectivity index (χ1v) is 14.6.